The van der Waals surface area contributed by atoms with Crippen molar-refractivity contribution in [3.8, 4) is 0 Å². The van der Waals surface area contributed by atoms with Gasteiger partial charge in [0.1, 0.15) is 5.82 Å². The first-order valence-corrected chi connectivity index (χ1v) is 9.45. The van der Waals surface area contributed by atoms with Gasteiger partial charge in [-0.1, -0.05) is 6.07 Å². The molecule has 0 bridgehead atoms. The third-order valence-electron chi connectivity index (χ3n) is 3.36. The quantitative estimate of drug-likeness (QED) is 0.798. The monoisotopic (exact) mass is 333 g/mol. The summed E-state index contributed by atoms with van der Waals surface area (Å²) in [4.78, 5) is 2.15. The van der Waals surface area contributed by atoms with Gasteiger partial charge < -0.3 is 10.6 Å². The number of nitrogens with two attached hydrogens (primary N) is 1. The van der Waals surface area contributed by atoms with Crippen LogP contribution in [0.2, 0.25) is 0 Å². The van der Waals surface area contributed by atoms with Gasteiger partial charge in [-0.2, -0.15) is 11.8 Å². The highest BCUT2D eigenvalue weighted by atomic mass is 32.2. The number of nitrogens with one attached hydrogen (secondary N) is 1. The van der Waals surface area contributed by atoms with Gasteiger partial charge in [0.25, 0.3) is 0 Å². The third-order valence-corrected chi connectivity index (χ3v) is 5.85. The Morgan fingerprint density at radius 2 is 2.05 bits per heavy atom. The highest BCUT2D eigenvalue weighted by Gasteiger charge is 2.19. The molecular weight excluding hydrogens is 313 g/mol. The summed E-state index contributed by atoms with van der Waals surface area (Å²) in [7, 11) is -3.73. The molecule has 0 unspecified atom stereocenters. The van der Waals surface area contributed by atoms with Gasteiger partial charge in [-0.05, 0) is 17.7 Å². The van der Waals surface area contributed by atoms with E-state index in [0.29, 0.717) is 18.7 Å². The van der Waals surface area contributed by atoms with E-state index in [1.807, 2.05) is 11.8 Å². The van der Waals surface area contributed by atoms with Crippen LogP contribution in [0.5, 0.6) is 0 Å². The molecule has 3 N–H and O–H groups in total. The van der Waals surface area contributed by atoms with Crippen molar-refractivity contribution in [2.75, 3.05) is 37.7 Å². The molecular formula is C13H20FN3O2S2. The number of sulfonamides is 1. The largest absolute Gasteiger partial charge is 0.326 e. The Morgan fingerprint density at radius 3 is 2.71 bits per heavy atom. The minimum absolute atomic E-state index is 0.0554. The van der Waals surface area contributed by atoms with Crippen LogP contribution in [-0.4, -0.2) is 51.0 Å². The molecule has 1 saturated heterocycles. The molecule has 1 aliphatic heterocycles. The summed E-state index contributed by atoms with van der Waals surface area (Å²) in [6, 6.07) is 3.64. The van der Waals surface area contributed by atoms with Gasteiger partial charge >= 0.3 is 0 Å². The highest BCUT2D eigenvalue weighted by molar-refractivity contribution is 7.99. The van der Waals surface area contributed by atoms with Gasteiger partial charge in [0.05, 0.1) is 4.90 Å². The van der Waals surface area contributed by atoms with Gasteiger partial charge in [0.2, 0.25) is 10.0 Å². The molecule has 21 heavy (non-hydrogen) atoms. The molecule has 0 saturated carbocycles. The molecule has 0 spiro atoms. The summed E-state index contributed by atoms with van der Waals surface area (Å²) in [5.74, 6) is 1.57. The average Bonchev–Trinajstić information content (AvgIpc) is 2.48. The van der Waals surface area contributed by atoms with Crippen LogP contribution < -0.4 is 10.5 Å². The van der Waals surface area contributed by atoms with Crippen LogP contribution in [0, 0.1) is 5.82 Å². The van der Waals surface area contributed by atoms with Crippen molar-refractivity contribution >= 4 is 21.8 Å². The lowest BCUT2D eigenvalue weighted by molar-refractivity contribution is 0.307. The number of rotatable bonds is 6. The van der Waals surface area contributed by atoms with E-state index < -0.39 is 15.8 Å². The molecule has 0 radical (unpaired) electrons. The van der Waals surface area contributed by atoms with E-state index in [-0.39, 0.29) is 11.4 Å². The van der Waals surface area contributed by atoms with Crippen molar-refractivity contribution in [2.45, 2.75) is 11.4 Å². The Kier molecular flexibility index (Phi) is 6.00. The van der Waals surface area contributed by atoms with Crippen LogP contribution in [0.15, 0.2) is 23.1 Å². The highest BCUT2D eigenvalue weighted by Crippen LogP contribution is 2.17. The van der Waals surface area contributed by atoms with Crippen LogP contribution in [0.1, 0.15) is 5.56 Å². The number of hydrogen-bond donors (Lipinski definition) is 2. The second kappa shape index (κ2) is 7.55. The molecule has 118 valence electrons. The maximum absolute atomic E-state index is 13.3. The van der Waals surface area contributed by atoms with Crippen molar-refractivity contribution < 1.29 is 12.8 Å². The van der Waals surface area contributed by atoms with E-state index in [9.17, 15) is 12.8 Å². The first kappa shape index (κ1) is 16.7. The van der Waals surface area contributed by atoms with E-state index in [4.69, 9.17) is 5.73 Å². The minimum Gasteiger partial charge on any atom is -0.326 e. The normalized spacial score (nSPS) is 17.0. The Hall–Kier alpha value is -0.670. The topological polar surface area (TPSA) is 75.4 Å². The van der Waals surface area contributed by atoms with Gasteiger partial charge in [-0.15, -0.1) is 0 Å². The van der Waals surface area contributed by atoms with Crippen molar-refractivity contribution in [3.63, 3.8) is 0 Å². The summed E-state index contributed by atoms with van der Waals surface area (Å²) < 4.78 is 40.3. The Balaban J connectivity index is 1.99. The molecule has 1 aromatic rings. The molecule has 0 aromatic heterocycles. The molecule has 5 nitrogen and oxygen atoms in total. The minimum atomic E-state index is -3.73. The molecule has 8 heteroatoms. The van der Waals surface area contributed by atoms with Crippen molar-refractivity contribution in [1.82, 2.24) is 9.62 Å². The van der Waals surface area contributed by atoms with Crippen molar-refractivity contribution in [1.29, 1.82) is 0 Å². The molecule has 1 aromatic carbocycles. The molecule has 2 rings (SSSR count). The van der Waals surface area contributed by atoms with Crippen LogP contribution in [0.25, 0.3) is 0 Å². The zero-order chi connectivity index (χ0) is 15.3. The number of halogens is 1. The van der Waals surface area contributed by atoms with Gasteiger partial charge in [-0.3, -0.25) is 0 Å². The first-order valence-electron chi connectivity index (χ1n) is 6.81. The predicted octanol–water partition coefficient (Wildman–Crippen LogP) is 0.612. The second-order valence-corrected chi connectivity index (χ2v) is 7.77. The Morgan fingerprint density at radius 1 is 1.33 bits per heavy atom. The molecule has 0 amide bonds. The maximum Gasteiger partial charge on any atom is 0.241 e. The van der Waals surface area contributed by atoms with E-state index in [2.05, 4.69) is 9.62 Å². The lowest BCUT2D eigenvalue weighted by atomic mass is 10.2. The Bertz CT molecular complexity index is 575. The van der Waals surface area contributed by atoms with Crippen molar-refractivity contribution in [3.05, 3.63) is 29.6 Å². The fourth-order valence-electron chi connectivity index (χ4n) is 2.19. The lowest BCUT2D eigenvalue weighted by Gasteiger charge is -2.26. The van der Waals surface area contributed by atoms with E-state index in [1.165, 1.54) is 12.1 Å². The standard InChI is InChI=1S/C13H20FN3O2S2/c14-12-2-1-11(10-15)13(9-12)21(18,19)16-3-4-17-5-7-20-8-6-17/h1-2,9,16H,3-8,10,15H2. The van der Waals surface area contributed by atoms with Crippen molar-refractivity contribution in [2.24, 2.45) is 5.73 Å². The predicted molar refractivity (Wildman–Crippen MR) is 83.2 cm³/mol. The molecule has 0 aliphatic carbocycles. The molecule has 1 heterocycles. The summed E-state index contributed by atoms with van der Waals surface area (Å²) in [6.07, 6.45) is 0. The maximum atomic E-state index is 13.3. The zero-order valence-electron chi connectivity index (χ0n) is 11.7. The third kappa shape index (κ3) is 4.65. The molecule has 1 fully saturated rings. The summed E-state index contributed by atoms with van der Waals surface area (Å²) in [5.41, 5.74) is 5.93. The number of thioether (sulfide) groups is 1. The average molecular weight is 333 g/mol. The zero-order valence-corrected chi connectivity index (χ0v) is 13.4. The van der Waals surface area contributed by atoms with Crippen LogP contribution in [0.3, 0.4) is 0 Å². The second-order valence-electron chi connectivity index (χ2n) is 4.81. The number of nitrogens with zero attached hydrogens (tertiary/aromatic N) is 1. The molecule has 0 atom stereocenters. The van der Waals surface area contributed by atoms with Gasteiger partial charge in [0.15, 0.2) is 0 Å². The summed E-state index contributed by atoms with van der Waals surface area (Å²) >= 11 is 1.91. The number of benzene rings is 1. The van der Waals surface area contributed by atoms with Gasteiger partial charge in [0, 0.05) is 44.2 Å². The van der Waals surface area contributed by atoms with E-state index in [0.717, 1.165) is 30.7 Å². The summed E-state index contributed by atoms with van der Waals surface area (Å²) in [6.45, 7) is 2.97. The smallest absolute Gasteiger partial charge is 0.241 e. The van der Waals surface area contributed by atoms with Crippen LogP contribution >= 0.6 is 11.8 Å². The van der Waals surface area contributed by atoms with Crippen LogP contribution in [0.4, 0.5) is 4.39 Å². The van der Waals surface area contributed by atoms with Crippen LogP contribution in [-0.2, 0) is 16.6 Å². The number of hydrogen-bond acceptors (Lipinski definition) is 5. The fraction of sp³-hybridized carbons (Fsp3) is 0.538. The van der Waals surface area contributed by atoms with Gasteiger partial charge in [-0.25, -0.2) is 17.5 Å². The first-order chi connectivity index (χ1) is 10.0. The SMILES string of the molecule is NCc1ccc(F)cc1S(=O)(=O)NCCN1CCSCC1. The lowest BCUT2D eigenvalue weighted by Crippen LogP contribution is -2.39. The Labute approximate surface area is 129 Å². The van der Waals surface area contributed by atoms with E-state index in [1.54, 1.807) is 0 Å². The van der Waals surface area contributed by atoms with E-state index >= 15 is 0 Å². The fourth-order valence-corrected chi connectivity index (χ4v) is 4.45. The summed E-state index contributed by atoms with van der Waals surface area (Å²) in [5, 5.41) is 0. The molecule has 1 aliphatic rings.